The van der Waals surface area contributed by atoms with Crippen molar-refractivity contribution in [3.63, 3.8) is 0 Å². The van der Waals surface area contributed by atoms with Crippen LogP contribution in [0, 0.1) is 0 Å². The molecule has 0 saturated heterocycles. The van der Waals surface area contributed by atoms with Gasteiger partial charge in [0, 0.05) is 18.9 Å². The number of benzene rings is 1. The number of amides is 1. The van der Waals surface area contributed by atoms with Gasteiger partial charge in [-0.2, -0.15) is 0 Å². The monoisotopic (exact) mass is 224 g/mol. The molecule has 0 aliphatic heterocycles. The van der Waals surface area contributed by atoms with Crippen LogP contribution in [0.3, 0.4) is 0 Å². The van der Waals surface area contributed by atoms with Gasteiger partial charge in [0.05, 0.1) is 12.8 Å². The highest BCUT2D eigenvalue weighted by molar-refractivity contribution is 5.95. The molecule has 1 aromatic rings. The quantitative estimate of drug-likeness (QED) is 0.755. The Morgan fingerprint density at radius 1 is 1.44 bits per heavy atom. The molecular formula is C11H16N2O3. The number of carbonyl (C=O) groups excluding carboxylic acids is 1. The van der Waals surface area contributed by atoms with Gasteiger partial charge in [-0.1, -0.05) is 0 Å². The number of carbonyl (C=O) groups is 1. The fourth-order valence-electron chi connectivity index (χ4n) is 1.15. The molecule has 1 aromatic carbocycles. The molecule has 5 nitrogen and oxygen atoms in total. The number of hydrogen-bond donors (Lipinski definition) is 2. The molecule has 0 aliphatic carbocycles. The van der Waals surface area contributed by atoms with E-state index in [4.69, 9.17) is 15.2 Å². The van der Waals surface area contributed by atoms with Crippen molar-refractivity contribution in [2.45, 2.75) is 13.0 Å². The van der Waals surface area contributed by atoms with Crippen LogP contribution >= 0.6 is 0 Å². The predicted octanol–water partition coefficient (Wildman–Crippen LogP) is 1.25. The normalized spacial score (nSPS) is 11.9. The molecule has 0 saturated carbocycles. The van der Waals surface area contributed by atoms with Crippen molar-refractivity contribution in [2.24, 2.45) is 0 Å². The van der Waals surface area contributed by atoms with Crippen molar-refractivity contribution in [2.75, 3.05) is 25.3 Å². The van der Waals surface area contributed by atoms with Crippen LogP contribution in [0.4, 0.5) is 11.4 Å². The van der Waals surface area contributed by atoms with Crippen LogP contribution in [-0.2, 0) is 9.53 Å². The Hall–Kier alpha value is -1.75. The molecule has 0 radical (unpaired) electrons. The van der Waals surface area contributed by atoms with E-state index in [9.17, 15) is 4.79 Å². The summed E-state index contributed by atoms with van der Waals surface area (Å²) in [5.74, 6) is 0.294. The second-order valence-corrected chi connectivity index (χ2v) is 3.33. The molecule has 1 atom stereocenters. The van der Waals surface area contributed by atoms with Gasteiger partial charge in [-0.25, -0.2) is 0 Å². The predicted molar refractivity (Wildman–Crippen MR) is 62.5 cm³/mol. The van der Waals surface area contributed by atoms with Gasteiger partial charge in [0.25, 0.3) is 5.91 Å². The Balaban J connectivity index is 2.84. The maximum atomic E-state index is 11.6. The average molecular weight is 224 g/mol. The number of methoxy groups -OCH3 is 2. The summed E-state index contributed by atoms with van der Waals surface area (Å²) in [7, 11) is 2.99. The molecule has 0 heterocycles. The largest absolute Gasteiger partial charge is 0.494 e. The molecule has 0 fully saturated rings. The Morgan fingerprint density at radius 2 is 2.12 bits per heavy atom. The van der Waals surface area contributed by atoms with Crippen LogP contribution in [0.5, 0.6) is 5.75 Å². The molecule has 88 valence electrons. The number of anilines is 2. The molecule has 0 aromatic heterocycles. The summed E-state index contributed by atoms with van der Waals surface area (Å²) in [5.41, 5.74) is 6.76. The number of nitrogens with one attached hydrogen (secondary N) is 1. The Morgan fingerprint density at radius 3 is 2.69 bits per heavy atom. The van der Waals surface area contributed by atoms with Gasteiger partial charge in [0.2, 0.25) is 0 Å². The van der Waals surface area contributed by atoms with E-state index in [1.165, 1.54) is 14.2 Å². The van der Waals surface area contributed by atoms with E-state index in [1.54, 1.807) is 25.1 Å². The average Bonchev–Trinajstić information content (AvgIpc) is 2.30. The SMILES string of the molecule is COc1cc(N)ccc1NC(=O)C(C)OC. The van der Waals surface area contributed by atoms with Crippen molar-refractivity contribution in [1.82, 2.24) is 0 Å². The van der Waals surface area contributed by atoms with Crippen LogP contribution in [0.2, 0.25) is 0 Å². The molecule has 5 heteroatoms. The van der Waals surface area contributed by atoms with Crippen molar-refractivity contribution in [1.29, 1.82) is 0 Å². The minimum atomic E-state index is -0.512. The standard InChI is InChI=1S/C11H16N2O3/c1-7(15-2)11(14)13-9-5-4-8(12)6-10(9)16-3/h4-7H,12H2,1-3H3,(H,13,14). The zero-order chi connectivity index (χ0) is 12.1. The molecule has 1 amide bonds. The van der Waals surface area contributed by atoms with Gasteiger partial charge < -0.3 is 20.5 Å². The summed E-state index contributed by atoms with van der Waals surface area (Å²) in [6.07, 6.45) is -0.512. The first kappa shape index (κ1) is 12.3. The maximum absolute atomic E-state index is 11.6. The van der Waals surface area contributed by atoms with Crippen LogP contribution < -0.4 is 15.8 Å². The van der Waals surface area contributed by atoms with E-state index < -0.39 is 6.10 Å². The molecule has 3 N–H and O–H groups in total. The number of hydrogen-bond acceptors (Lipinski definition) is 4. The van der Waals surface area contributed by atoms with Crippen molar-refractivity contribution >= 4 is 17.3 Å². The first-order valence-electron chi connectivity index (χ1n) is 4.85. The van der Waals surface area contributed by atoms with Crippen LogP contribution in [0.15, 0.2) is 18.2 Å². The number of nitrogens with two attached hydrogens (primary N) is 1. The van der Waals surface area contributed by atoms with Gasteiger partial charge in [-0.05, 0) is 19.1 Å². The minimum Gasteiger partial charge on any atom is -0.494 e. The summed E-state index contributed by atoms with van der Waals surface area (Å²) in [6.45, 7) is 1.67. The van der Waals surface area contributed by atoms with Crippen molar-refractivity contribution < 1.29 is 14.3 Å². The lowest BCUT2D eigenvalue weighted by molar-refractivity contribution is -0.124. The maximum Gasteiger partial charge on any atom is 0.253 e. The summed E-state index contributed by atoms with van der Waals surface area (Å²) in [6, 6.07) is 5.02. The zero-order valence-electron chi connectivity index (χ0n) is 9.61. The van der Waals surface area contributed by atoms with E-state index in [-0.39, 0.29) is 5.91 Å². The van der Waals surface area contributed by atoms with Gasteiger partial charge in [0.15, 0.2) is 0 Å². The number of ether oxygens (including phenoxy) is 2. The lowest BCUT2D eigenvalue weighted by Gasteiger charge is -2.13. The molecule has 0 bridgehead atoms. The number of rotatable bonds is 4. The number of nitrogen functional groups attached to an aromatic ring is 1. The third-order valence-corrected chi connectivity index (χ3v) is 2.21. The molecule has 1 unspecified atom stereocenters. The fraction of sp³-hybridized carbons (Fsp3) is 0.364. The Bertz CT molecular complexity index is 379. The fourth-order valence-corrected chi connectivity index (χ4v) is 1.15. The molecule has 0 aliphatic rings. The third kappa shape index (κ3) is 2.87. The molecular weight excluding hydrogens is 208 g/mol. The first-order chi connectivity index (χ1) is 7.58. The lowest BCUT2D eigenvalue weighted by atomic mass is 10.2. The van der Waals surface area contributed by atoms with Crippen LogP contribution in [0.1, 0.15) is 6.92 Å². The molecule has 0 spiro atoms. The second kappa shape index (κ2) is 5.37. The highest BCUT2D eigenvalue weighted by Crippen LogP contribution is 2.26. The Labute approximate surface area is 94.5 Å². The van der Waals surface area contributed by atoms with E-state index >= 15 is 0 Å². The van der Waals surface area contributed by atoms with Crippen molar-refractivity contribution in [3.05, 3.63) is 18.2 Å². The molecule has 16 heavy (non-hydrogen) atoms. The van der Waals surface area contributed by atoms with E-state index in [1.807, 2.05) is 0 Å². The smallest absolute Gasteiger partial charge is 0.253 e. The second-order valence-electron chi connectivity index (χ2n) is 3.33. The van der Waals surface area contributed by atoms with Gasteiger partial charge in [-0.3, -0.25) is 4.79 Å². The summed E-state index contributed by atoms with van der Waals surface area (Å²) in [5, 5.41) is 2.69. The summed E-state index contributed by atoms with van der Waals surface area (Å²) >= 11 is 0. The van der Waals surface area contributed by atoms with Crippen LogP contribution in [0.25, 0.3) is 0 Å². The topological polar surface area (TPSA) is 73.6 Å². The zero-order valence-corrected chi connectivity index (χ0v) is 9.61. The lowest BCUT2D eigenvalue weighted by Crippen LogP contribution is -2.26. The summed E-state index contributed by atoms with van der Waals surface area (Å²) in [4.78, 5) is 11.6. The first-order valence-corrected chi connectivity index (χ1v) is 4.85. The highest BCUT2D eigenvalue weighted by Gasteiger charge is 2.13. The van der Waals surface area contributed by atoms with Gasteiger partial charge in [-0.15, -0.1) is 0 Å². The highest BCUT2D eigenvalue weighted by atomic mass is 16.5. The van der Waals surface area contributed by atoms with E-state index in [2.05, 4.69) is 5.32 Å². The van der Waals surface area contributed by atoms with Gasteiger partial charge in [0.1, 0.15) is 11.9 Å². The van der Waals surface area contributed by atoms with Gasteiger partial charge >= 0.3 is 0 Å². The Kier molecular flexibility index (Phi) is 4.13. The van der Waals surface area contributed by atoms with Crippen molar-refractivity contribution in [3.8, 4) is 5.75 Å². The molecule has 1 rings (SSSR count). The minimum absolute atomic E-state index is 0.231. The van der Waals surface area contributed by atoms with E-state index in [0.29, 0.717) is 17.1 Å². The summed E-state index contributed by atoms with van der Waals surface area (Å²) < 4.78 is 10.0. The van der Waals surface area contributed by atoms with E-state index in [0.717, 1.165) is 0 Å². The third-order valence-electron chi connectivity index (χ3n) is 2.21. The van der Waals surface area contributed by atoms with Crippen LogP contribution in [-0.4, -0.2) is 26.2 Å².